The molecule has 1 aromatic carbocycles. The Bertz CT molecular complexity index is 1050. The number of carbonyl (C=O) groups is 1. The quantitative estimate of drug-likeness (QED) is 0.472. The lowest BCUT2D eigenvalue weighted by molar-refractivity contribution is -0.116. The number of para-hydroxylation sites is 1. The number of rotatable bonds is 7. The third-order valence-electron chi connectivity index (χ3n) is 6.68. The largest absolute Gasteiger partial charge is 0.379 e. The monoisotopic (exact) mass is 454 g/mol. The molecular weight excluding hydrogens is 424 g/mol. The van der Waals surface area contributed by atoms with Gasteiger partial charge in [-0.25, -0.2) is 4.79 Å². The van der Waals surface area contributed by atoms with Crippen LogP contribution in [0.25, 0.3) is 0 Å². The van der Waals surface area contributed by atoms with Crippen molar-refractivity contribution in [1.82, 2.24) is 14.5 Å². The van der Waals surface area contributed by atoms with Gasteiger partial charge in [-0.1, -0.05) is 30.0 Å². The maximum absolute atomic E-state index is 12.9. The van der Waals surface area contributed by atoms with E-state index in [1.165, 1.54) is 22.9 Å². The van der Waals surface area contributed by atoms with Gasteiger partial charge in [-0.15, -0.1) is 0 Å². The Morgan fingerprint density at radius 2 is 1.91 bits per heavy atom. The van der Waals surface area contributed by atoms with Gasteiger partial charge in [-0.2, -0.15) is 4.98 Å². The standard InChI is InChI=1S/C24H30N4O3S/c29-22(27-12-9-18-5-1-2-7-20(18)27)17-32-23-19-6-3-8-21(19)28(24(30)25-23)11-4-10-26-13-15-31-16-14-26/h1-2,5,7H,3-4,6,8-17H2. The van der Waals surface area contributed by atoms with Gasteiger partial charge in [0.15, 0.2) is 0 Å². The highest BCUT2D eigenvalue weighted by molar-refractivity contribution is 8.00. The van der Waals surface area contributed by atoms with Crippen LogP contribution in [-0.2, 0) is 35.3 Å². The number of morpholine rings is 1. The van der Waals surface area contributed by atoms with E-state index in [0.717, 1.165) is 87.9 Å². The van der Waals surface area contributed by atoms with E-state index in [0.29, 0.717) is 12.3 Å². The molecule has 0 N–H and O–H groups in total. The minimum absolute atomic E-state index is 0.0863. The Morgan fingerprint density at radius 3 is 2.78 bits per heavy atom. The van der Waals surface area contributed by atoms with E-state index in [1.54, 1.807) is 0 Å². The Morgan fingerprint density at radius 1 is 1.06 bits per heavy atom. The number of nitrogens with zero attached hydrogens (tertiary/aromatic N) is 4. The van der Waals surface area contributed by atoms with Crippen LogP contribution in [0.1, 0.15) is 29.7 Å². The molecule has 0 spiro atoms. The van der Waals surface area contributed by atoms with Gasteiger partial charge in [0.05, 0.1) is 19.0 Å². The number of benzene rings is 1. The fourth-order valence-corrected chi connectivity index (χ4v) is 5.97. The highest BCUT2D eigenvalue weighted by Crippen LogP contribution is 2.31. The molecule has 1 aromatic heterocycles. The minimum atomic E-state index is -0.172. The number of aromatic nitrogens is 2. The van der Waals surface area contributed by atoms with Crippen LogP contribution in [0.15, 0.2) is 34.1 Å². The van der Waals surface area contributed by atoms with Gasteiger partial charge < -0.3 is 9.64 Å². The van der Waals surface area contributed by atoms with Crippen LogP contribution in [0.3, 0.4) is 0 Å². The van der Waals surface area contributed by atoms with Gasteiger partial charge >= 0.3 is 5.69 Å². The van der Waals surface area contributed by atoms with Crippen molar-refractivity contribution in [3.8, 4) is 0 Å². The van der Waals surface area contributed by atoms with E-state index in [1.807, 2.05) is 27.7 Å². The zero-order chi connectivity index (χ0) is 21.9. The molecule has 7 nitrogen and oxygen atoms in total. The van der Waals surface area contributed by atoms with Crippen LogP contribution < -0.4 is 10.6 Å². The van der Waals surface area contributed by atoms with Crippen LogP contribution in [0, 0.1) is 0 Å². The molecule has 1 amide bonds. The van der Waals surface area contributed by atoms with Crippen molar-refractivity contribution in [2.75, 3.05) is 50.0 Å². The summed E-state index contributed by atoms with van der Waals surface area (Å²) in [6, 6.07) is 8.09. The molecule has 170 valence electrons. The minimum Gasteiger partial charge on any atom is -0.379 e. The van der Waals surface area contributed by atoms with Crippen LogP contribution in [0.4, 0.5) is 5.69 Å². The van der Waals surface area contributed by atoms with E-state index >= 15 is 0 Å². The summed E-state index contributed by atoms with van der Waals surface area (Å²) in [5.41, 5.74) is 4.38. The first-order chi connectivity index (χ1) is 15.7. The summed E-state index contributed by atoms with van der Waals surface area (Å²) >= 11 is 1.43. The molecule has 32 heavy (non-hydrogen) atoms. The fourth-order valence-electron chi connectivity index (χ4n) is 5.02. The summed E-state index contributed by atoms with van der Waals surface area (Å²) < 4.78 is 7.29. The topological polar surface area (TPSA) is 67.7 Å². The summed E-state index contributed by atoms with van der Waals surface area (Å²) in [5.74, 6) is 0.400. The number of hydrogen-bond acceptors (Lipinski definition) is 6. The molecule has 3 aliphatic rings. The first-order valence-corrected chi connectivity index (χ1v) is 12.6. The second-order valence-corrected chi connectivity index (χ2v) is 9.61. The normalized spacial score (nSPS) is 18.1. The van der Waals surface area contributed by atoms with Crippen LogP contribution in [0.2, 0.25) is 0 Å². The lowest BCUT2D eigenvalue weighted by Gasteiger charge is -2.26. The van der Waals surface area contributed by atoms with E-state index < -0.39 is 0 Å². The molecule has 1 fully saturated rings. The molecule has 2 aromatic rings. The average Bonchev–Trinajstić information content (AvgIpc) is 3.47. The third kappa shape index (κ3) is 4.49. The fraction of sp³-hybridized carbons (Fsp3) is 0.542. The number of anilines is 1. The van der Waals surface area contributed by atoms with Crippen molar-refractivity contribution in [3.63, 3.8) is 0 Å². The highest BCUT2D eigenvalue weighted by atomic mass is 32.2. The first kappa shape index (κ1) is 21.7. The molecule has 0 atom stereocenters. The summed E-state index contributed by atoms with van der Waals surface area (Å²) in [4.78, 5) is 34.4. The van der Waals surface area contributed by atoms with Crippen molar-refractivity contribution in [1.29, 1.82) is 0 Å². The van der Waals surface area contributed by atoms with Crippen molar-refractivity contribution in [2.24, 2.45) is 0 Å². The Kier molecular flexibility index (Phi) is 6.62. The lowest BCUT2D eigenvalue weighted by atomic mass is 10.2. The summed E-state index contributed by atoms with van der Waals surface area (Å²) in [7, 11) is 0. The Hall–Kier alpha value is -2.16. The maximum Gasteiger partial charge on any atom is 0.348 e. The van der Waals surface area contributed by atoms with Crippen molar-refractivity contribution >= 4 is 23.4 Å². The molecular formula is C24H30N4O3S. The molecule has 3 heterocycles. The van der Waals surface area contributed by atoms with E-state index in [-0.39, 0.29) is 11.6 Å². The van der Waals surface area contributed by atoms with Crippen molar-refractivity contribution in [2.45, 2.75) is 43.7 Å². The number of amides is 1. The summed E-state index contributed by atoms with van der Waals surface area (Å²) in [6.07, 6.45) is 4.75. The van der Waals surface area contributed by atoms with E-state index in [2.05, 4.69) is 16.0 Å². The second-order valence-electron chi connectivity index (χ2n) is 8.65. The van der Waals surface area contributed by atoms with E-state index in [4.69, 9.17) is 4.74 Å². The predicted molar refractivity (Wildman–Crippen MR) is 126 cm³/mol. The molecule has 5 rings (SSSR count). The van der Waals surface area contributed by atoms with E-state index in [9.17, 15) is 9.59 Å². The molecule has 1 aliphatic carbocycles. The first-order valence-electron chi connectivity index (χ1n) is 11.6. The average molecular weight is 455 g/mol. The lowest BCUT2D eigenvalue weighted by Crippen LogP contribution is -2.37. The number of fused-ring (bicyclic) bond motifs is 2. The highest BCUT2D eigenvalue weighted by Gasteiger charge is 2.26. The molecule has 0 unspecified atom stereocenters. The Labute approximate surface area is 192 Å². The van der Waals surface area contributed by atoms with Gasteiger partial charge in [-0.3, -0.25) is 14.3 Å². The zero-order valence-electron chi connectivity index (χ0n) is 18.4. The van der Waals surface area contributed by atoms with Gasteiger partial charge in [0.25, 0.3) is 0 Å². The molecule has 0 saturated carbocycles. The summed E-state index contributed by atoms with van der Waals surface area (Å²) in [6.45, 7) is 5.95. The summed E-state index contributed by atoms with van der Waals surface area (Å²) in [5, 5.41) is 0.757. The smallest absolute Gasteiger partial charge is 0.348 e. The molecule has 2 aliphatic heterocycles. The molecule has 0 radical (unpaired) electrons. The van der Waals surface area contributed by atoms with Crippen molar-refractivity contribution < 1.29 is 9.53 Å². The number of carbonyl (C=O) groups excluding carboxylic acids is 1. The molecule has 8 heteroatoms. The molecule has 1 saturated heterocycles. The second kappa shape index (κ2) is 9.77. The zero-order valence-corrected chi connectivity index (χ0v) is 19.2. The van der Waals surface area contributed by atoms with Crippen molar-refractivity contribution in [3.05, 3.63) is 51.6 Å². The van der Waals surface area contributed by atoms with Gasteiger partial charge in [0, 0.05) is 49.7 Å². The predicted octanol–water partition coefficient (Wildman–Crippen LogP) is 2.14. The third-order valence-corrected chi connectivity index (χ3v) is 7.68. The van der Waals surface area contributed by atoms with Crippen LogP contribution >= 0.6 is 11.8 Å². The van der Waals surface area contributed by atoms with Crippen LogP contribution in [-0.4, -0.2) is 65.5 Å². The van der Waals surface area contributed by atoms with Gasteiger partial charge in [0.1, 0.15) is 5.03 Å². The van der Waals surface area contributed by atoms with Gasteiger partial charge in [0.2, 0.25) is 5.91 Å². The number of hydrogen-bond donors (Lipinski definition) is 0. The number of ether oxygens (including phenoxy) is 1. The molecule has 0 bridgehead atoms. The maximum atomic E-state index is 12.9. The SMILES string of the molecule is O=C(CSc1nc(=O)n(CCCN2CCOCC2)c2c1CCC2)N1CCc2ccccc21. The van der Waals surface area contributed by atoms with Gasteiger partial charge in [-0.05, 0) is 43.7 Å². The Balaban J connectivity index is 1.24. The van der Waals surface area contributed by atoms with Crippen LogP contribution in [0.5, 0.6) is 0 Å². The number of thioether (sulfide) groups is 1.